The maximum atomic E-state index is 3.92. The Morgan fingerprint density at radius 1 is 0.324 bits per heavy atom. The third kappa shape index (κ3) is 3.02. The molecule has 0 bridgehead atoms. The van der Waals surface area contributed by atoms with Crippen LogP contribution in [0, 0.1) is 0 Å². The topological polar surface area (TPSA) is 0 Å². The molecule has 0 fully saturated rings. The molecule has 6 heteroatoms. The van der Waals surface area contributed by atoms with Crippen LogP contribution >= 0.6 is 77.2 Å². The first-order chi connectivity index (χ1) is 16.7. The van der Waals surface area contributed by atoms with Gasteiger partial charge in [0.2, 0.25) is 0 Å². The first-order valence-electron chi connectivity index (χ1n) is 12.6. The number of hydrogen-bond donors (Lipinski definition) is 0. The average Bonchev–Trinajstić information content (AvgIpc) is 3.63. The van der Waals surface area contributed by atoms with Crippen LogP contribution in [0.4, 0.5) is 0 Å². The van der Waals surface area contributed by atoms with Crippen LogP contribution in [0.2, 0.25) is 0 Å². The molecule has 0 spiro atoms. The Morgan fingerprint density at radius 2 is 0.559 bits per heavy atom. The van der Waals surface area contributed by atoms with Gasteiger partial charge in [0.05, 0.1) is 7.57 Å². The van der Waals surface area contributed by atoms with Crippen molar-refractivity contribution < 1.29 is 0 Å². The van der Waals surface area contributed by atoms with E-state index in [2.05, 4.69) is 54.5 Å². The smallest absolute Gasteiger partial charge is 0.0740 e. The summed E-state index contributed by atoms with van der Waals surface area (Å²) < 4.78 is 2.79. The van der Waals surface area contributed by atoms with Gasteiger partial charge < -0.3 is 0 Å². The third-order valence-corrected chi connectivity index (χ3v) is 15.5. The summed E-state index contributed by atoms with van der Waals surface area (Å²) >= 11 is 16.2. The molecule has 0 radical (unpaired) electrons. The van der Waals surface area contributed by atoms with Crippen molar-refractivity contribution in [3.05, 3.63) is 52.1 Å². The molecule has 0 unspecified atom stereocenters. The summed E-state index contributed by atoms with van der Waals surface area (Å²) in [7, 11) is 0. The fourth-order valence-electron chi connectivity index (χ4n) is 6.89. The van der Waals surface area contributed by atoms with Crippen molar-refractivity contribution in [3.8, 4) is 29.3 Å². The molecule has 4 aromatic rings. The second-order valence-corrected chi connectivity index (χ2v) is 16.9. The van der Waals surface area contributed by atoms with E-state index in [4.69, 9.17) is 0 Å². The molecule has 174 valence electrons. The molecule has 0 amide bonds. The van der Waals surface area contributed by atoms with Crippen LogP contribution in [0.15, 0.2) is 7.57 Å². The molecule has 0 aromatic carbocycles. The van der Waals surface area contributed by atoms with E-state index < -0.39 is 0 Å². The maximum absolute atomic E-state index is 3.92. The van der Waals surface area contributed by atoms with Crippen LogP contribution in [0.3, 0.4) is 0 Å². The molecule has 0 aliphatic heterocycles. The SMILES string of the molecule is Brc1sc(-c2sc(-c3sc(-c4sc(Br)c5c4CCC5)c4c3CCC4)c3c2CCC3)c2c1CCC2. The summed E-state index contributed by atoms with van der Waals surface area (Å²) in [5, 5.41) is 0. The molecule has 0 saturated heterocycles. The van der Waals surface area contributed by atoms with Crippen LogP contribution in [0.25, 0.3) is 29.3 Å². The summed E-state index contributed by atoms with van der Waals surface area (Å²) in [6.07, 6.45) is 15.5. The van der Waals surface area contributed by atoms with Gasteiger partial charge in [-0.2, -0.15) is 0 Å². The molecule has 0 nitrogen and oxygen atoms in total. The highest BCUT2D eigenvalue weighted by atomic mass is 79.9. The summed E-state index contributed by atoms with van der Waals surface area (Å²) in [5.41, 5.74) is 13.4. The minimum Gasteiger partial charge on any atom is -0.133 e. The minimum absolute atomic E-state index is 1.26. The third-order valence-electron chi connectivity index (χ3n) is 8.40. The van der Waals surface area contributed by atoms with Gasteiger partial charge in [0, 0.05) is 29.3 Å². The second-order valence-electron chi connectivity index (χ2n) is 10.2. The maximum Gasteiger partial charge on any atom is 0.0740 e. The first-order valence-corrected chi connectivity index (χ1v) is 17.4. The lowest BCUT2D eigenvalue weighted by molar-refractivity contribution is 0.908. The number of fused-ring (bicyclic) bond motifs is 4. The molecule has 0 saturated carbocycles. The van der Waals surface area contributed by atoms with Crippen molar-refractivity contribution in [2.24, 2.45) is 0 Å². The quantitative estimate of drug-likeness (QED) is 0.207. The van der Waals surface area contributed by atoms with E-state index in [1.165, 1.54) is 84.6 Å². The predicted molar refractivity (Wildman–Crippen MR) is 158 cm³/mol. The van der Waals surface area contributed by atoms with Crippen LogP contribution in [-0.2, 0) is 51.4 Å². The van der Waals surface area contributed by atoms with Gasteiger partial charge in [0.15, 0.2) is 0 Å². The Bertz CT molecular complexity index is 1380. The number of thiophene rings is 4. The van der Waals surface area contributed by atoms with Crippen molar-refractivity contribution in [1.82, 2.24) is 0 Å². The summed E-state index contributed by atoms with van der Waals surface area (Å²) in [6.45, 7) is 0. The first kappa shape index (κ1) is 21.8. The van der Waals surface area contributed by atoms with E-state index >= 15 is 0 Å². The van der Waals surface area contributed by atoms with Crippen molar-refractivity contribution in [2.45, 2.75) is 77.0 Å². The molecule has 4 heterocycles. The zero-order chi connectivity index (χ0) is 22.6. The van der Waals surface area contributed by atoms with Crippen LogP contribution in [0.5, 0.6) is 0 Å². The van der Waals surface area contributed by atoms with Gasteiger partial charge in [-0.25, -0.2) is 0 Å². The van der Waals surface area contributed by atoms with Crippen LogP contribution in [0.1, 0.15) is 70.2 Å². The molecule has 8 rings (SSSR count). The average molecular weight is 649 g/mol. The van der Waals surface area contributed by atoms with Gasteiger partial charge in [-0.05, 0) is 153 Å². The van der Waals surface area contributed by atoms with Crippen molar-refractivity contribution >= 4 is 77.2 Å². The molecule has 4 aliphatic rings. The van der Waals surface area contributed by atoms with Crippen molar-refractivity contribution in [1.29, 1.82) is 0 Å². The second kappa shape index (κ2) is 8.13. The Labute approximate surface area is 233 Å². The van der Waals surface area contributed by atoms with Gasteiger partial charge in [-0.1, -0.05) is 0 Å². The monoisotopic (exact) mass is 646 g/mol. The zero-order valence-electron chi connectivity index (χ0n) is 18.9. The lowest BCUT2D eigenvalue weighted by Gasteiger charge is -2.02. The Balaban J connectivity index is 1.32. The van der Waals surface area contributed by atoms with Crippen LogP contribution < -0.4 is 0 Å². The summed E-state index contributed by atoms with van der Waals surface area (Å²) in [4.78, 5) is 9.72. The molecule has 4 aromatic heterocycles. The molecule has 0 N–H and O–H groups in total. The normalized spacial score (nSPS) is 18.1. The molecule has 34 heavy (non-hydrogen) atoms. The van der Waals surface area contributed by atoms with Gasteiger partial charge in [0.1, 0.15) is 0 Å². The van der Waals surface area contributed by atoms with E-state index in [1.54, 1.807) is 73.8 Å². The van der Waals surface area contributed by atoms with Gasteiger partial charge in [-0.15, -0.1) is 45.3 Å². The Morgan fingerprint density at radius 3 is 0.882 bits per heavy atom. The van der Waals surface area contributed by atoms with Crippen LogP contribution in [-0.4, -0.2) is 0 Å². The van der Waals surface area contributed by atoms with E-state index in [9.17, 15) is 0 Å². The molecule has 4 aliphatic carbocycles. The van der Waals surface area contributed by atoms with E-state index in [1.807, 2.05) is 22.7 Å². The summed E-state index contributed by atoms with van der Waals surface area (Å²) in [5.74, 6) is 0. The Hall–Kier alpha value is -0.240. The van der Waals surface area contributed by atoms with Gasteiger partial charge >= 0.3 is 0 Å². The fourth-order valence-corrected chi connectivity index (χ4v) is 14.3. The largest absolute Gasteiger partial charge is 0.133 e. The Kier molecular flexibility index (Phi) is 5.21. The summed E-state index contributed by atoms with van der Waals surface area (Å²) in [6, 6.07) is 0. The lowest BCUT2D eigenvalue weighted by Crippen LogP contribution is -1.83. The van der Waals surface area contributed by atoms with E-state index in [0.29, 0.717) is 0 Å². The van der Waals surface area contributed by atoms with Crippen molar-refractivity contribution in [2.75, 3.05) is 0 Å². The lowest BCUT2D eigenvalue weighted by atomic mass is 10.0. The number of halogens is 2. The standard InChI is InChI=1S/C28H24Br2S4/c29-27-19-11-3-9-17(19)25(33-27)23-15-7-1-5-13(15)21(31-23)22-14-6-2-8-16(14)24(32-22)26-18-10-4-12-20(18)28(30)34-26/h1-12H2. The predicted octanol–water partition coefficient (Wildman–Crippen LogP) is 10.4. The van der Waals surface area contributed by atoms with E-state index in [-0.39, 0.29) is 0 Å². The highest BCUT2D eigenvalue weighted by molar-refractivity contribution is 9.11. The highest BCUT2D eigenvalue weighted by Crippen LogP contribution is 2.57. The van der Waals surface area contributed by atoms with Crippen molar-refractivity contribution in [3.63, 3.8) is 0 Å². The van der Waals surface area contributed by atoms with E-state index in [0.717, 1.165) is 0 Å². The number of hydrogen-bond acceptors (Lipinski definition) is 4. The molecule has 0 atom stereocenters. The zero-order valence-corrected chi connectivity index (χ0v) is 25.3. The number of rotatable bonds is 3. The van der Waals surface area contributed by atoms with Gasteiger partial charge in [-0.3, -0.25) is 0 Å². The fraction of sp³-hybridized carbons (Fsp3) is 0.429. The molecular formula is C28H24Br2S4. The minimum atomic E-state index is 1.26. The van der Waals surface area contributed by atoms with Gasteiger partial charge in [0.25, 0.3) is 0 Å². The molecular weight excluding hydrogens is 624 g/mol. The highest BCUT2D eigenvalue weighted by Gasteiger charge is 2.34.